The van der Waals surface area contributed by atoms with E-state index < -0.39 is 11.6 Å². The van der Waals surface area contributed by atoms with E-state index >= 15 is 0 Å². The van der Waals surface area contributed by atoms with Gasteiger partial charge in [0.25, 0.3) is 0 Å². The molecule has 0 aliphatic carbocycles. The Morgan fingerprint density at radius 2 is 1.85 bits per heavy atom. The Morgan fingerprint density at radius 3 is 2.40 bits per heavy atom. The molecular weight excluding hydrogens is 264 g/mol. The molecule has 1 aromatic carbocycles. The van der Waals surface area contributed by atoms with E-state index in [4.69, 9.17) is 9.47 Å². The first-order valence-corrected chi connectivity index (χ1v) is 7.02. The van der Waals surface area contributed by atoms with E-state index in [0.29, 0.717) is 38.2 Å². The molecule has 0 saturated carbocycles. The Kier molecular flexibility index (Phi) is 5.31. The number of nitrogens with one attached hydrogen (secondary N) is 1. The predicted molar refractivity (Wildman–Crippen MR) is 72.8 cm³/mol. The second kappa shape index (κ2) is 6.99. The molecular formula is C15H21F2NO2. The minimum absolute atomic E-state index is 0.174. The van der Waals surface area contributed by atoms with Gasteiger partial charge in [-0.2, -0.15) is 0 Å². The highest BCUT2D eigenvalue weighted by molar-refractivity contribution is 5.31. The van der Waals surface area contributed by atoms with Crippen LogP contribution in [0.25, 0.3) is 0 Å². The summed E-state index contributed by atoms with van der Waals surface area (Å²) in [7, 11) is 0. The van der Waals surface area contributed by atoms with Gasteiger partial charge in [0.1, 0.15) is 6.10 Å². The van der Waals surface area contributed by atoms with E-state index in [2.05, 4.69) is 5.32 Å². The molecule has 1 heterocycles. The van der Waals surface area contributed by atoms with Crippen molar-refractivity contribution in [1.29, 1.82) is 0 Å². The van der Waals surface area contributed by atoms with Crippen molar-refractivity contribution in [3.63, 3.8) is 0 Å². The summed E-state index contributed by atoms with van der Waals surface area (Å²) in [5.41, 5.74) is 0.577. The fraction of sp³-hybridized carbons (Fsp3) is 0.600. The van der Waals surface area contributed by atoms with Gasteiger partial charge in [0.05, 0.1) is 13.2 Å². The predicted octanol–water partition coefficient (Wildman–Crippen LogP) is 3.02. The van der Waals surface area contributed by atoms with E-state index in [1.807, 2.05) is 13.8 Å². The maximum absolute atomic E-state index is 14.0. The topological polar surface area (TPSA) is 30.5 Å². The first-order chi connectivity index (χ1) is 9.56. The third kappa shape index (κ3) is 4.15. The average molecular weight is 285 g/mol. The first-order valence-electron chi connectivity index (χ1n) is 7.02. The summed E-state index contributed by atoms with van der Waals surface area (Å²) in [6.07, 6.45) is 1.15. The Hall–Kier alpha value is -1.20. The second-order valence-corrected chi connectivity index (χ2v) is 5.35. The quantitative estimate of drug-likeness (QED) is 0.902. The van der Waals surface area contributed by atoms with Gasteiger partial charge >= 0.3 is 0 Å². The van der Waals surface area contributed by atoms with Crippen molar-refractivity contribution in [2.24, 2.45) is 0 Å². The monoisotopic (exact) mass is 285 g/mol. The van der Waals surface area contributed by atoms with Gasteiger partial charge in [-0.15, -0.1) is 0 Å². The van der Waals surface area contributed by atoms with Gasteiger partial charge < -0.3 is 14.8 Å². The van der Waals surface area contributed by atoms with Gasteiger partial charge in [0, 0.05) is 25.4 Å². The van der Waals surface area contributed by atoms with Crippen molar-refractivity contribution < 1.29 is 18.3 Å². The van der Waals surface area contributed by atoms with Crippen molar-refractivity contribution >= 4 is 0 Å². The van der Waals surface area contributed by atoms with E-state index in [-0.39, 0.29) is 17.9 Å². The minimum Gasteiger partial charge on any atom is -0.484 e. The van der Waals surface area contributed by atoms with Crippen molar-refractivity contribution in [1.82, 2.24) is 5.32 Å². The highest BCUT2D eigenvalue weighted by atomic mass is 19.1. The summed E-state index contributed by atoms with van der Waals surface area (Å²) in [5, 5.41) is 3.13. The molecule has 20 heavy (non-hydrogen) atoms. The molecule has 1 saturated heterocycles. The van der Waals surface area contributed by atoms with Crippen LogP contribution in [0.3, 0.4) is 0 Å². The van der Waals surface area contributed by atoms with Gasteiger partial charge in [0.2, 0.25) is 0 Å². The fourth-order valence-electron chi connectivity index (χ4n) is 2.11. The zero-order valence-electron chi connectivity index (χ0n) is 11.9. The molecule has 1 aliphatic rings. The van der Waals surface area contributed by atoms with Crippen LogP contribution < -0.4 is 10.1 Å². The molecule has 0 atom stereocenters. The molecule has 0 bridgehead atoms. The lowest BCUT2D eigenvalue weighted by Crippen LogP contribution is -2.26. The SMILES string of the molecule is CC(C)NCc1cc(F)c(OC2CCOCC2)c(F)c1. The average Bonchev–Trinajstić information content (AvgIpc) is 2.42. The van der Waals surface area contributed by atoms with Crippen LogP contribution in [0.4, 0.5) is 8.78 Å². The molecule has 5 heteroatoms. The number of ether oxygens (including phenoxy) is 2. The standard InChI is InChI=1S/C15H21F2NO2/c1-10(2)18-9-11-7-13(16)15(14(17)8-11)20-12-3-5-19-6-4-12/h7-8,10,12,18H,3-6,9H2,1-2H3. The lowest BCUT2D eigenvalue weighted by Gasteiger charge is -2.24. The molecule has 0 amide bonds. The maximum Gasteiger partial charge on any atom is 0.191 e. The van der Waals surface area contributed by atoms with E-state index in [1.165, 1.54) is 12.1 Å². The lowest BCUT2D eigenvalue weighted by molar-refractivity contribution is 0.0223. The zero-order valence-corrected chi connectivity index (χ0v) is 11.9. The van der Waals surface area contributed by atoms with Gasteiger partial charge in [-0.3, -0.25) is 0 Å². The van der Waals surface area contributed by atoms with Gasteiger partial charge in [-0.1, -0.05) is 13.8 Å². The first kappa shape index (κ1) is 15.2. The number of halogens is 2. The Labute approximate surface area is 118 Å². The summed E-state index contributed by atoms with van der Waals surface area (Å²) in [6, 6.07) is 2.92. The van der Waals surface area contributed by atoms with Crippen LogP contribution >= 0.6 is 0 Å². The number of hydrogen-bond donors (Lipinski definition) is 1. The van der Waals surface area contributed by atoms with Gasteiger partial charge in [-0.05, 0) is 17.7 Å². The molecule has 3 nitrogen and oxygen atoms in total. The zero-order chi connectivity index (χ0) is 14.5. The minimum atomic E-state index is -0.642. The Morgan fingerprint density at radius 1 is 1.25 bits per heavy atom. The largest absolute Gasteiger partial charge is 0.484 e. The Bertz CT molecular complexity index is 422. The molecule has 1 aliphatic heterocycles. The molecule has 112 valence electrons. The van der Waals surface area contributed by atoms with Gasteiger partial charge in [0.15, 0.2) is 17.4 Å². The second-order valence-electron chi connectivity index (χ2n) is 5.35. The van der Waals surface area contributed by atoms with Crippen LogP contribution in [0.1, 0.15) is 32.3 Å². The number of rotatable bonds is 5. The highest BCUT2D eigenvalue weighted by Gasteiger charge is 2.20. The molecule has 0 spiro atoms. The van der Waals surface area contributed by atoms with Crippen molar-refractivity contribution in [3.8, 4) is 5.75 Å². The Balaban J connectivity index is 2.05. The summed E-state index contributed by atoms with van der Waals surface area (Å²) in [4.78, 5) is 0. The van der Waals surface area contributed by atoms with Crippen LogP contribution in [-0.4, -0.2) is 25.4 Å². The van der Waals surface area contributed by atoms with Crippen LogP contribution in [0.2, 0.25) is 0 Å². The molecule has 1 fully saturated rings. The molecule has 0 aromatic heterocycles. The van der Waals surface area contributed by atoms with E-state index in [1.54, 1.807) is 0 Å². The summed E-state index contributed by atoms with van der Waals surface area (Å²) in [5.74, 6) is -1.56. The van der Waals surface area contributed by atoms with Crippen molar-refractivity contribution in [3.05, 3.63) is 29.3 Å². The summed E-state index contributed by atoms with van der Waals surface area (Å²) >= 11 is 0. The molecule has 2 rings (SSSR count). The number of benzene rings is 1. The third-order valence-corrected chi connectivity index (χ3v) is 3.23. The number of hydrogen-bond acceptors (Lipinski definition) is 3. The van der Waals surface area contributed by atoms with E-state index in [0.717, 1.165) is 0 Å². The lowest BCUT2D eigenvalue weighted by atomic mass is 10.1. The fourth-order valence-corrected chi connectivity index (χ4v) is 2.11. The van der Waals surface area contributed by atoms with Crippen LogP contribution in [0, 0.1) is 11.6 Å². The maximum atomic E-state index is 14.0. The van der Waals surface area contributed by atoms with E-state index in [9.17, 15) is 8.78 Å². The molecule has 0 unspecified atom stereocenters. The smallest absolute Gasteiger partial charge is 0.191 e. The molecule has 0 radical (unpaired) electrons. The van der Waals surface area contributed by atoms with Crippen LogP contribution in [0.15, 0.2) is 12.1 Å². The van der Waals surface area contributed by atoms with Crippen LogP contribution in [0.5, 0.6) is 5.75 Å². The van der Waals surface area contributed by atoms with Crippen molar-refractivity contribution in [2.75, 3.05) is 13.2 Å². The molecule has 1 aromatic rings. The van der Waals surface area contributed by atoms with Gasteiger partial charge in [-0.25, -0.2) is 8.78 Å². The third-order valence-electron chi connectivity index (χ3n) is 3.23. The highest BCUT2D eigenvalue weighted by Crippen LogP contribution is 2.26. The summed E-state index contributed by atoms with van der Waals surface area (Å²) < 4.78 is 38.6. The summed E-state index contributed by atoms with van der Waals surface area (Å²) in [6.45, 7) is 5.54. The molecule has 1 N–H and O–H groups in total. The van der Waals surface area contributed by atoms with Crippen LogP contribution in [-0.2, 0) is 11.3 Å². The van der Waals surface area contributed by atoms with Crippen molar-refractivity contribution in [2.45, 2.75) is 45.4 Å². The normalized spacial score (nSPS) is 16.6.